The number of nitriles is 1. The number of carbonyl (C=O) groups excluding carboxylic acids is 1. The van der Waals surface area contributed by atoms with Crippen LogP contribution in [0.4, 0.5) is 5.69 Å². The number of aryl methyl sites for hydroxylation is 1. The standard InChI is InChI=1S/C15H14ClN3O3S2/c1-9-2-3-10(16)6-11(9)19-12-7-24(21,22)8-13(12)23-15(19)18-14(20)4-5-17/h2-3,6,12-13H,4,7-8H2,1H3. The molecule has 2 heterocycles. The first-order valence-electron chi connectivity index (χ1n) is 7.21. The predicted molar refractivity (Wildman–Crippen MR) is 95.2 cm³/mol. The molecule has 0 aromatic heterocycles. The van der Waals surface area contributed by atoms with Crippen molar-refractivity contribution in [2.24, 2.45) is 4.99 Å². The minimum atomic E-state index is -3.12. The minimum absolute atomic E-state index is 0.0160. The summed E-state index contributed by atoms with van der Waals surface area (Å²) in [7, 11) is -3.12. The van der Waals surface area contributed by atoms with Crippen LogP contribution in [0.25, 0.3) is 0 Å². The fourth-order valence-corrected chi connectivity index (χ4v) is 6.99. The quantitative estimate of drug-likeness (QED) is 0.777. The third-order valence-corrected chi connectivity index (χ3v) is 7.39. The first-order chi connectivity index (χ1) is 11.3. The van der Waals surface area contributed by atoms with Crippen molar-refractivity contribution in [1.29, 1.82) is 5.26 Å². The Balaban J connectivity index is 2.06. The third kappa shape index (κ3) is 3.29. The van der Waals surface area contributed by atoms with Gasteiger partial charge in [-0.25, -0.2) is 8.42 Å². The number of fused-ring (bicyclic) bond motifs is 1. The molecule has 0 saturated carbocycles. The first-order valence-corrected chi connectivity index (χ1v) is 10.3. The van der Waals surface area contributed by atoms with Gasteiger partial charge in [-0.2, -0.15) is 10.3 Å². The molecule has 2 aliphatic rings. The van der Waals surface area contributed by atoms with Crippen molar-refractivity contribution in [1.82, 2.24) is 0 Å². The van der Waals surface area contributed by atoms with Gasteiger partial charge in [-0.3, -0.25) is 4.79 Å². The monoisotopic (exact) mass is 383 g/mol. The average molecular weight is 384 g/mol. The molecule has 2 aliphatic heterocycles. The van der Waals surface area contributed by atoms with Crippen LogP contribution < -0.4 is 4.90 Å². The van der Waals surface area contributed by atoms with Gasteiger partial charge >= 0.3 is 0 Å². The summed E-state index contributed by atoms with van der Waals surface area (Å²) in [6, 6.07) is 6.83. The number of carbonyl (C=O) groups is 1. The van der Waals surface area contributed by atoms with Crippen LogP contribution in [0.2, 0.25) is 5.02 Å². The van der Waals surface area contributed by atoms with E-state index >= 15 is 0 Å². The number of hydrogen-bond acceptors (Lipinski definition) is 5. The lowest BCUT2D eigenvalue weighted by atomic mass is 10.1. The molecule has 24 heavy (non-hydrogen) atoms. The van der Waals surface area contributed by atoms with Crippen LogP contribution in [-0.2, 0) is 14.6 Å². The van der Waals surface area contributed by atoms with Crippen LogP contribution in [0, 0.1) is 18.3 Å². The van der Waals surface area contributed by atoms with Crippen LogP contribution >= 0.6 is 23.4 Å². The molecule has 6 nitrogen and oxygen atoms in total. The van der Waals surface area contributed by atoms with Crippen molar-refractivity contribution in [3.05, 3.63) is 28.8 Å². The van der Waals surface area contributed by atoms with Crippen molar-refractivity contribution < 1.29 is 13.2 Å². The van der Waals surface area contributed by atoms with Gasteiger partial charge in [0.25, 0.3) is 5.91 Å². The van der Waals surface area contributed by atoms with Gasteiger partial charge in [0, 0.05) is 16.0 Å². The van der Waals surface area contributed by atoms with Crippen LogP contribution in [0.3, 0.4) is 0 Å². The van der Waals surface area contributed by atoms with Crippen LogP contribution in [-0.4, -0.2) is 42.3 Å². The highest BCUT2D eigenvalue weighted by atomic mass is 35.5. The van der Waals surface area contributed by atoms with Gasteiger partial charge in [0.05, 0.1) is 23.6 Å². The van der Waals surface area contributed by atoms with Gasteiger partial charge < -0.3 is 4.90 Å². The predicted octanol–water partition coefficient (Wildman–Crippen LogP) is 2.16. The fourth-order valence-electron chi connectivity index (χ4n) is 2.90. The van der Waals surface area contributed by atoms with Crippen molar-refractivity contribution in [2.45, 2.75) is 24.6 Å². The van der Waals surface area contributed by atoms with E-state index < -0.39 is 15.7 Å². The Kier molecular flexibility index (Phi) is 4.60. The Morgan fingerprint density at radius 1 is 1.50 bits per heavy atom. The summed E-state index contributed by atoms with van der Waals surface area (Å²) < 4.78 is 24.0. The number of halogens is 1. The summed E-state index contributed by atoms with van der Waals surface area (Å²) in [6.07, 6.45) is -0.305. The van der Waals surface area contributed by atoms with E-state index in [4.69, 9.17) is 16.9 Å². The Bertz CT molecular complexity index is 876. The topological polar surface area (TPSA) is 90.6 Å². The highest BCUT2D eigenvalue weighted by Crippen LogP contribution is 2.42. The number of sulfone groups is 1. The zero-order valence-electron chi connectivity index (χ0n) is 12.8. The minimum Gasteiger partial charge on any atom is -0.315 e. The highest BCUT2D eigenvalue weighted by Gasteiger charge is 2.49. The molecule has 126 valence electrons. The number of amides is 1. The van der Waals surface area contributed by atoms with Crippen molar-refractivity contribution in [2.75, 3.05) is 16.4 Å². The summed E-state index contributed by atoms with van der Waals surface area (Å²) in [5.74, 6) is -0.459. The van der Waals surface area contributed by atoms with E-state index in [9.17, 15) is 13.2 Å². The zero-order chi connectivity index (χ0) is 17.5. The molecule has 3 rings (SSSR count). The van der Waals surface area contributed by atoms with Crippen molar-refractivity contribution >= 4 is 50.0 Å². The van der Waals surface area contributed by atoms with E-state index in [1.807, 2.05) is 13.0 Å². The maximum atomic E-state index is 12.0. The molecule has 1 aromatic rings. The lowest BCUT2D eigenvalue weighted by Gasteiger charge is -2.26. The van der Waals surface area contributed by atoms with E-state index in [1.165, 1.54) is 11.8 Å². The van der Waals surface area contributed by atoms with Gasteiger partial charge in [-0.15, -0.1) is 0 Å². The number of hydrogen-bond donors (Lipinski definition) is 0. The molecule has 2 unspecified atom stereocenters. The second-order valence-corrected chi connectivity index (χ2v) is 9.52. The molecule has 0 spiro atoms. The number of benzene rings is 1. The van der Waals surface area contributed by atoms with Crippen LogP contribution in [0.15, 0.2) is 23.2 Å². The molecule has 1 amide bonds. The van der Waals surface area contributed by atoms with Crippen molar-refractivity contribution in [3.63, 3.8) is 0 Å². The van der Waals surface area contributed by atoms with E-state index in [0.29, 0.717) is 10.2 Å². The molecule has 0 N–H and O–H groups in total. The van der Waals surface area contributed by atoms with Crippen molar-refractivity contribution in [3.8, 4) is 6.07 Å². The number of aliphatic imine (C=N–C) groups is 1. The summed E-state index contributed by atoms with van der Waals surface area (Å²) in [6.45, 7) is 1.89. The second-order valence-electron chi connectivity index (χ2n) is 5.72. The second kappa shape index (κ2) is 6.39. The number of nitrogens with zero attached hydrogens (tertiary/aromatic N) is 3. The molecule has 0 aliphatic carbocycles. The van der Waals surface area contributed by atoms with Crippen LogP contribution in [0.5, 0.6) is 0 Å². The van der Waals surface area contributed by atoms with E-state index in [0.717, 1.165) is 11.3 Å². The number of amidine groups is 1. The van der Waals surface area contributed by atoms with Crippen LogP contribution in [0.1, 0.15) is 12.0 Å². The average Bonchev–Trinajstić information content (AvgIpc) is 2.93. The first kappa shape index (κ1) is 17.3. The Hall–Kier alpha value is -1.56. The summed E-state index contributed by atoms with van der Waals surface area (Å²) in [5, 5.41) is 9.42. The summed E-state index contributed by atoms with van der Waals surface area (Å²) in [4.78, 5) is 17.6. The molecule has 2 atom stereocenters. The van der Waals surface area contributed by atoms with E-state index in [-0.39, 0.29) is 29.2 Å². The lowest BCUT2D eigenvalue weighted by Crippen LogP contribution is -2.38. The molecule has 2 saturated heterocycles. The summed E-state index contributed by atoms with van der Waals surface area (Å²) >= 11 is 7.37. The smallest absolute Gasteiger partial charge is 0.262 e. The normalized spacial score (nSPS) is 26.4. The number of anilines is 1. The molecule has 9 heteroatoms. The van der Waals surface area contributed by atoms with E-state index in [1.54, 1.807) is 23.1 Å². The number of thioether (sulfide) groups is 1. The molecular weight excluding hydrogens is 370 g/mol. The van der Waals surface area contributed by atoms with Gasteiger partial charge in [-0.1, -0.05) is 29.4 Å². The lowest BCUT2D eigenvalue weighted by molar-refractivity contribution is -0.116. The Labute approximate surface area is 149 Å². The third-order valence-electron chi connectivity index (χ3n) is 3.95. The molecule has 1 aromatic carbocycles. The van der Waals surface area contributed by atoms with Gasteiger partial charge in [0.1, 0.15) is 6.42 Å². The van der Waals surface area contributed by atoms with Gasteiger partial charge in [0.2, 0.25) is 0 Å². The molecule has 0 bridgehead atoms. The Morgan fingerprint density at radius 2 is 2.25 bits per heavy atom. The number of rotatable bonds is 2. The fraction of sp³-hybridized carbons (Fsp3) is 0.400. The molecule has 2 fully saturated rings. The molecule has 0 radical (unpaired) electrons. The molecular formula is C15H14ClN3O3S2. The van der Waals surface area contributed by atoms with Gasteiger partial charge in [0.15, 0.2) is 15.0 Å². The maximum absolute atomic E-state index is 12.0. The highest BCUT2D eigenvalue weighted by molar-refractivity contribution is 8.16. The Morgan fingerprint density at radius 3 is 2.96 bits per heavy atom. The van der Waals surface area contributed by atoms with Gasteiger partial charge in [-0.05, 0) is 24.6 Å². The summed E-state index contributed by atoms with van der Waals surface area (Å²) in [5.41, 5.74) is 1.65. The maximum Gasteiger partial charge on any atom is 0.262 e. The van der Waals surface area contributed by atoms with E-state index in [2.05, 4.69) is 4.99 Å². The SMILES string of the molecule is Cc1ccc(Cl)cc1N1C(=NC(=O)CC#N)SC2CS(=O)(=O)CC21. The zero-order valence-corrected chi connectivity index (χ0v) is 15.2. The largest absolute Gasteiger partial charge is 0.315 e.